The SMILES string of the molecule is O=C(NCCN1CCC(F)(F)CC1)Nc1cnc(-c2cccc(OCCc3c(Cl)ccc(F)c3Cl)c2)nc1. The summed E-state index contributed by atoms with van der Waals surface area (Å²) in [5.74, 6) is -2.13. The van der Waals surface area contributed by atoms with E-state index in [2.05, 4.69) is 20.6 Å². The Bertz CT molecular complexity index is 1250. The molecule has 2 amide bonds. The Kier molecular flexibility index (Phi) is 9.30. The highest BCUT2D eigenvalue weighted by atomic mass is 35.5. The Morgan fingerprint density at radius 1 is 1.11 bits per heavy atom. The van der Waals surface area contributed by atoms with Gasteiger partial charge in [-0.2, -0.15) is 0 Å². The molecule has 2 heterocycles. The van der Waals surface area contributed by atoms with Crippen LogP contribution < -0.4 is 15.4 Å². The van der Waals surface area contributed by atoms with Crippen LogP contribution in [-0.4, -0.2) is 59.6 Å². The van der Waals surface area contributed by atoms with E-state index >= 15 is 0 Å². The van der Waals surface area contributed by atoms with Crippen LogP contribution in [0.5, 0.6) is 5.75 Å². The van der Waals surface area contributed by atoms with E-state index in [1.165, 1.54) is 24.5 Å². The standard InChI is InChI=1S/C26H26Cl2F3N5O2/c27-21-4-5-22(29)23(28)20(21)6-13-38-19-3-1-2-17(14-19)24-33-15-18(16-34-24)35-25(37)32-9-12-36-10-7-26(30,31)8-11-36/h1-5,14-16H,6-13H2,(H2,32,35,37). The quantitative estimate of drug-likeness (QED) is 0.307. The Morgan fingerprint density at radius 3 is 2.58 bits per heavy atom. The van der Waals surface area contributed by atoms with Gasteiger partial charge in [0.1, 0.15) is 11.6 Å². The number of carbonyl (C=O) groups excluding carboxylic acids is 1. The summed E-state index contributed by atoms with van der Waals surface area (Å²) < 4.78 is 45.9. The second-order valence-electron chi connectivity index (χ2n) is 8.82. The van der Waals surface area contributed by atoms with Crippen molar-refractivity contribution in [1.29, 1.82) is 0 Å². The van der Waals surface area contributed by atoms with Crippen molar-refractivity contribution in [2.24, 2.45) is 0 Å². The molecule has 0 bridgehead atoms. The number of nitrogens with one attached hydrogen (secondary N) is 2. The zero-order valence-electron chi connectivity index (χ0n) is 20.3. The number of alkyl halides is 2. The van der Waals surface area contributed by atoms with Crippen molar-refractivity contribution in [3.63, 3.8) is 0 Å². The first-order chi connectivity index (χ1) is 18.2. The molecule has 1 saturated heterocycles. The zero-order chi connectivity index (χ0) is 27.1. The van der Waals surface area contributed by atoms with Gasteiger partial charge < -0.3 is 20.3 Å². The third kappa shape index (κ3) is 7.72. The molecule has 0 aliphatic carbocycles. The smallest absolute Gasteiger partial charge is 0.319 e. The van der Waals surface area contributed by atoms with Crippen molar-refractivity contribution < 1.29 is 22.7 Å². The minimum Gasteiger partial charge on any atom is -0.493 e. The predicted octanol–water partition coefficient (Wildman–Crippen LogP) is 6.06. The molecule has 2 aromatic carbocycles. The van der Waals surface area contributed by atoms with Crippen molar-refractivity contribution >= 4 is 34.9 Å². The van der Waals surface area contributed by atoms with Gasteiger partial charge in [0.05, 0.1) is 29.7 Å². The average molecular weight is 568 g/mol. The van der Waals surface area contributed by atoms with Gasteiger partial charge in [0, 0.05) is 56.0 Å². The molecule has 0 atom stereocenters. The highest BCUT2D eigenvalue weighted by Gasteiger charge is 2.33. The third-order valence-electron chi connectivity index (χ3n) is 6.06. The van der Waals surface area contributed by atoms with Gasteiger partial charge in [0.15, 0.2) is 5.82 Å². The van der Waals surface area contributed by atoms with Gasteiger partial charge in [-0.25, -0.2) is 27.9 Å². The van der Waals surface area contributed by atoms with Crippen LogP contribution in [-0.2, 0) is 6.42 Å². The number of nitrogens with zero attached hydrogens (tertiary/aromatic N) is 3. The van der Waals surface area contributed by atoms with E-state index < -0.39 is 17.8 Å². The average Bonchev–Trinajstić information content (AvgIpc) is 2.90. The molecule has 38 heavy (non-hydrogen) atoms. The fraction of sp³-hybridized carbons (Fsp3) is 0.346. The minimum absolute atomic E-state index is 0.0139. The van der Waals surface area contributed by atoms with Crippen LogP contribution in [0.25, 0.3) is 11.4 Å². The molecule has 7 nitrogen and oxygen atoms in total. The van der Waals surface area contributed by atoms with Crippen molar-refractivity contribution in [3.8, 4) is 17.1 Å². The second-order valence-corrected chi connectivity index (χ2v) is 9.61. The zero-order valence-corrected chi connectivity index (χ0v) is 21.8. The molecule has 0 spiro atoms. The van der Waals surface area contributed by atoms with Crippen LogP contribution >= 0.6 is 23.2 Å². The first-order valence-electron chi connectivity index (χ1n) is 12.0. The number of amides is 2. The molecular weight excluding hydrogens is 542 g/mol. The monoisotopic (exact) mass is 567 g/mol. The summed E-state index contributed by atoms with van der Waals surface area (Å²) in [6, 6.07) is 9.39. The van der Waals surface area contributed by atoms with Gasteiger partial charge in [0.25, 0.3) is 5.92 Å². The number of halogens is 5. The number of ether oxygens (including phenoxy) is 1. The first kappa shape index (κ1) is 27.9. The van der Waals surface area contributed by atoms with Crippen LogP contribution in [0.4, 0.5) is 23.7 Å². The number of urea groups is 1. The summed E-state index contributed by atoms with van der Waals surface area (Å²) in [5, 5.41) is 5.72. The van der Waals surface area contributed by atoms with E-state index in [9.17, 15) is 18.0 Å². The van der Waals surface area contributed by atoms with Gasteiger partial charge in [-0.15, -0.1) is 0 Å². The fourth-order valence-electron chi connectivity index (χ4n) is 3.94. The summed E-state index contributed by atoms with van der Waals surface area (Å²) in [4.78, 5) is 22.7. The molecular formula is C26H26Cl2F3N5O2. The lowest BCUT2D eigenvalue weighted by molar-refractivity contribution is -0.0546. The van der Waals surface area contributed by atoms with E-state index in [0.29, 0.717) is 66.0 Å². The number of piperidine rings is 1. The van der Waals surface area contributed by atoms with Crippen LogP contribution in [0.1, 0.15) is 18.4 Å². The maximum Gasteiger partial charge on any atom is 0.319 e. The van der Waals surface area contributed by atoms with Crippen LogP contribution in [0.3, 0.4) is 0 Å². The first-order valence-corrected chi connectivity index (χ1v) is 12.8. The molecule has 1 aliphatic heterocycles. The molecule has 12 heteroatoms. The number of rotatable bonds is 9. The largest absolute Gasteiger partial charge is 0.493 e. The molecule has 0 unspecified atom stereocenters. The lowest BCUT2D eigenvalue weighted by atomic mass is 10.1. The van der Waals surface area contributed by atoms with Crippen LogP contribution in [0.2, 0.25) is 10.0 Å². The van der Waals surface area contributed by atoms with Gasteiger partial charge in [-0.3, -0.25) is 0 Å². The number of aromatic nitrogens is 2. The number of hydrogen-bond donors (Lipinski definition) is 2. The van der Waals surface area contributed by atoms with Crippen LogP contribution in [0.15, 0.2) is 48.8 Å². The molecule has 1 aromatic heterocycles. The molecule has 1 fully saturated rings. The van der Waals surface area contributed by atoms with E-state index in [1.807, 2.05) is 11.0 Å². The van der Waals surface area contributed by atoms with E-state index in [0.717, 1.165) is 0 Å². The lowest BCUT2D eigenvalue weighted by Gasteiger charge is -2.31. The number of carbonyl (C=O) groups is 1. The maximum atomic E-state index is 13.7. The van der Waals surface area contributed by atoms with Gasteiger partial charge in [-0.1, -0.05) is 35.3 Å². The van der Waals surface area contributed by atoms with Gasteiger partial charge >= 0.3 is 6.03 Å². The van der Waals surface area contributed by atoms with Crippen molar-refractivity contribution in [2.45, 2.75) is 25.2 Å². The topological polar surface area (TPSA) is 79.4 Å². The number of benzene rings is 2. The highest BCUT2D eigenvalue weighted by Crippen LogP contribution is 2.29. The fourth-order valence-corrected chi connectivity index (χ4v) is 4.50. The molecule has 202 valence electrons. The Balaban J connectivity index is 1.24. The van der Waals surface area contributed by atoms with E-state index in [-0.39, 0.29) is 24.5 Å². The molecule has 4 rings (SSSR count). The molecule has 0 saturated carbocycles. The molecule has 0 radical (unpaired) electrons. The van der Waals surface area contributed by atoms with E-state index in [4.69, 9.17) is 27.9 Å². The normalized spacial score (nSPS) is 15.2. The Labute approximate surface area is 228 Å². The maximum absolute atomic E-state index is 13.7. The second kappa shape index (κ2) is 12.6. The molecule has 2 N–H and O–H groups in total. The summed E-state index contributed by atoms with van der Waals surface area (Å²) in [6.45, 7) is 1.69. The molecule has 1 aliphatic rings. The summed E-state index contributed by atoms with van der Waals surface area (Å²) >= 11 is 12.1. The lowest BCUT2D eigenvalue weighted by Crippen LogP contribution is -2.43. The third-order valence-corrected chi connectivity index (χ3v) is 6.83. The van der Waals surface area contributed by atoms with Crippen LogP contribution in [0, 0.1) is 5.82 Å². The van der Waals surface area contributed by atoms with Crippen molar-refractivity contribution in [2.75, 3.05) is 38.1 Å². The number of likely N-dealkylation sites (tertiary alicyclic amines) is 1. The van der Waals surface area contributed by atoms with Crippen molar-refractivity contribution in [3.05, 3.63) is 70.2 Å². The summed E-state index contributed by atoms with van der Waals surface area (Å²) in [5.41, 5.74) is 1.59. The highest BCUT2D eigenvalue weighted by molar-refractivity contribution is 6.36. The van der Waals surface area contributed by atoms with E-state index in [1.54, 1.807) is 18.2 Å². The van der Waals surface area contributed by atoms with Gasteiger partial charge in [0.2, 0.25) is 0 Å². The summed E-state index contributed by atoms with van der Waals surface area (Å²) in [7, 11) is 0. The minimum atomic E-state index is -2.59. The summed E-state index contributed by atoms with van der Waals surface area (Å²) in [6.07, 6.45) is 2.98. The van der Waals surface area contributed by atoms with Gasteiger partial charge in [-0.05, 0) is 29.8 Å². The molecule has 3 aromatic rings. The number of hydrogen-bond acceptors (Lipinski definition) is 5. The number of anilines is 1. The Hall–Kier alpha value is -3.08. The Morgan fingerprint density at radius 2 is 1.84 bits per heavy atom. The predicted molar refractivity (Wildman–Crippen MR) is 141 cm³/mol. The van der Waals surface area contributed by atoms with Crippen molar-refractivity contribution in [1.82, 2.24) is 20.2 Å².